The molecule has 14 nitrogen and oxygen atoms in total. The number of amides is 5. The van der Waals surface area contributed by atoms with Crippen molar-refractivity contribution in [1.82, 2.24) is 30.9 Å². The molecule has 5 atom stereocenters. The molecule has 278 valence electrons. The first-order chi connectivity index (χ1) is 23.8. The third-order valence-electron chi connectivity index (χ3n) is 10.3. The molecule has 50 heavy (non-hydrogen) atoms. The van der Waals surface area contributed by atoms with Gasteiger partial charge in [-0.1, -0.05) is 19.3 Å². The Morgan fingerprint density at radius 3 is 2.36 bits per heavy atom. The first-order valence-electron chi connectivity index (χ1n) is 18.1. The van der Waals surface area contributed by atoms with Crippen molar-refractivity contribution in [2.24, 2.45) is 17.3 Å². The monoisotopic (exact) mass is 811 g/mol. The van der Waals surface area contributed by atoms with Gasteiger partial charge in [-0.3, -0.25) is 9.59 Å². The van der Waals surface area contributed by atoms with Crippen molar-refractivity contribution < 1.29 is 54.5 Å². The Morgan fingerprint density at radius 2 is 1.74 bits per heavy atom. The molecule has 0 spiro atoms. The minimum absolute atomic E-state index is 0.0148. The Kier molecular flexibility index (Phi) is 12.5. The average molecular weight is 812 g/mol. The van der Waals surface area contributed by atoms with Crippen molar-refractivity contribution in [3.05, 3.63) is 22.2 Å². The fourth-order valence-electron chi connectivity index (χ4n) is 7.34. The average Bonchev–Trinajstić information content (AvgIpc) is 3.60. The van der Waals surface area contributed by atoms with E-state index in [0.717, 1.165) is 49.0 Å². The van der Waals surface area contributed by atoms with Crippen molar-refractivity contribution >= 4 is 35.3 Å². The van der Waals surface area contributed by atoms with E-state index < -0.39 is 85.8 Å². The number of aromatic amines is 1. The molecule has 5 rings (SSSR count). The molecule has 2 saturated carbocycles. The van der Waals surface area contributed by atoms with Crippen LogP contribution < -0.4 is 42.7 Å². The normalized spacial score (nSPS) is 23.7. The molecule has 1 aromatic rings. The quantitative estimate of drug-likeness (QED) is 0.0867. The van der Waals surface area contributed by atoms with E-state index in [-0.39, 0.29) is 29.5 Å². The molecule has 15 heteroatoms. The van der Waals surface area contributed by atoms with Gasteiger partial charge < -0.3 is 4.52 Å². The summed E-state index contributed by atoms with van der Waals surface area (Å²) in [5.74, 6) is -3.50. The second-order valence-corrected chi connectivity index (χ2v) is 18.2. The predicted octanol–water partition coefficient (Wildman–Crippen LogP) is -1.31. The van der Waals surface area contributed by atoms with Crippen molar-refractivity contribution in [3.63, 3.8) is 0 Å². The number of alkyl halides is 2. The summed E-state index contributed by atoms with van der Waals surface area (Å²) in [4.78, 5) is 97.5. The summed E-state index contributed by atoms with van der Waals surface area (Å²) >= 11 is -0.435. The standard InChI is InChI=1S/C35H52IN6O8/c1-5-9-23(28(44)32(47)37-22-12-13-22)42-19-36-15-14-20-16-24(33(42)48)41(18-20)34(49)29(35(2,3)4)39-31(46)27(21-10-7-6-8-11-21)38-30(45)25-17-26(43)40-50-25/h17,20-24,27,29H,5-16,18-19H2,1-4H3,(H,37,47)(H,38,45)(H,39,46)(H,40,43)/q-1/t20-,23+,24+,27+,29-/m1/s1. The number of aromatic nitrogens is 1. The van der Waals surface area contributed by atoms with Crippen LogP contribution in [0.3, 0.4) is 0 Å². The van der Waals surface area contributed by atoms with Crippen LogP contribution in [0.25, 0.3) is 0 Å². The van der Waals surface area contributed by atoms with Crippen LogP contribution in [0.2, 0.25) is 0 Å². The van der Waals surface area contributed by atoms with Crippen LogP contribution in [0.15, 0.2) is 15.4 Å². The summed E-state index contributed by atoms with van der Waals surface area (Å²) in [6.07, 6.45) is 8.21. The van der Waals surface area contributed by atoms with Gasteiger partial charge in [-0.05, 0) is 0 Å². The maximum atomic E-state index is 14.6. The fraction of sp³-hybridized carbons (Fsp3) is 0.743. The Morgan fingerprint density at radius 1 is 1.02 bits per heavy atom. The molecular weight excluding hydrogens is 759 g/mol. The van der Waals surface area contributed by atoms with Gasteiger partial charge in [0.1, 0.15) is 0 Å². The van der Waals surface area contributed by atoms with Gasteiger partial charge in [-0.25, -0.2) is 0 Å². The number of hydrogen-bond donors (Lipinski definition) is 4. The molecule has 2 bridgehead atoms. The third-order valence-corrected chi connectivity index (χ3v) is 12.9. The van der Waals surface area contributed by atoms with Gasteiger partial charge in [-0.15, -0.1) is 0 Å². The molecule has 4 fully saturated rings. The van der Waals surface area contributed by atoms with E-state index in [1.54, 1.807) is 9.80 Å². The number of hydrogen-bond acceptors (Lipinski definition) is 8. The van der Waals surface area contributed by atoms with Crippen LogP contribution in [-0.4, -0.2) is 96.0 Å². The molecule has 4 N–H and O–H groups in total. The molecular formula is C35H52IN6O8-. The Balaban J connectivity index is 1.38. The van der Waals surface area contributed by atoms with Gasteiger partial charge in [0.15, 0.2) is 0 Å². The van der Waals surface area contributed by atoms with E-state index in [1.165, 1.54) is 0 Å². The van der Waals surface area contributed by atoms with Gasteiger partial charge in [0.25, 0.3) is 5.56 Å². The zero-order chi connectivity index (χ0) is 36.2. The first kappa shape index (κ1) is 38.0. The number of Topliss-reactive ketones (excluding diaryl/α,β-unsaturated/α-hetero) is 1. The summed E-state index contributed by atoms with van der Waals surface area (Å²) in [6.45, 7) is 7.81. The summed E-state index contributed by atoms with van der Waals surface area (Å²) in [6, 6.07) is -2.68. The number of halogens is 1. The fourth-order valence-corrected chi connectivity index (χ4v) is 10.3. The number of H-pyrrole nitrogens is 1. The van der Waals surface area contributed by atoms with E-state index in [2.05, 4.69) is 21.1 Å². The van der Waals surface area contributed by atoms with Crippen LogP contribution in [-0.2, 0) is 24.0 Å². The van der Waals surface area contributed by atoms with Crippen LogP contribution in [0.4, 0.5) is 0 Å². The number of likely N-dealkylation sites (tertiary alicyclic amines) is 1. The number of fused-ring (bicyclic) bond motifs is 2. The van der Waals surface area contributed by atoms with Gasteiger partial charge in [0, 0.05) is 0 Å². The van der Waals surface area contributed by atoms with Crippen molar-refractivity contribution in [1.29, 1.82) is 0 Å². The molecule has 0 radical (unpaired) electrons. The SMILES string of the molecule is CCC[C@@H](C(=O)C(=O)NC1CC1)N1C[I-]CC[C@@H]2C[C@@H](C1=O)N(C(=O)[C@@H](NC(=O)[C@@H](NC(=O)c1cc(=O)[nH]o1)C1CCCCC1)C(C)(C)C)C2. The number of nitrogens with zero attached hydrogens (tertiary/aromatic N) is 2. The molecule has 1 aromatic heterocycles. The van der Waals surface area contributed by atoms with Gasteiger partial charge in [0.2, 0.25) is 5.76 Å². The summed E-state index contributed by atoms with van der Waals surface area (Å²) in [7, 11) is 0. The topological polar surface area (TPSA) is 191 Å². The zero-order valence-corrected chi connectivity index (χ0v) is 31.7. The van der Waals surface area contributed by atoms with Crippen LogP contribution in [0.1, 0.15) is 109 Å². The molecule has 0 aromatic carbocycles. The van der Waals surface area contributed by atoms with Crippen LogP contribution in [0.5, 0.6) is 0 Å². The third kappa shape index (κ3) is 9.15. The number of nitrogens with one attached hydrogen (secondary N) is 4. The second kappa shape index (κ2) is 16.4. The maximum absolute atomic E-state index is 14.6. The Bertz CT molecular complexity index is 1490. The first-order valence-corrected chi connectivity index (χ1v) is 21.1. The van der Waals surface area contributed by atoms with Gasteiger partial charge >= 0.3 is 248 Å². The summed E-state index contributed by atoms with van der Waals surface area (Å²) < 4.78 is 6.34. The molecule has 2 aliphatic carbocycles. The van der Waals surface area contributed by atoms with E-state index in [4.69, 9.17) is 4.52 Å². The van der Waals surface area contributed by atoms with Crippen LogP contribution in [0, 0.1) is 17.3 Å². The van der Waals surface area contributed by atoms with E-state index in [9.17, 15) is 33.6 Å². The van der Waals surface area contributed by atoms with Gasteiger partial charge in [-0.2, -0.15) is 5.16 Å². The number of rotatable bonds is 12. The molecule has 4 aliphatic rings. The number of carbonyl (C=O) groups excluding carboxylic acids is 6. The summed E-state index contributed by atoms with van der Waals surface area (Å²) in [5.41, 5.74) is -1.34. The number of carbonyl (C=O) groups is 6. The van der Waals surface area contributed by atoms with Crippen molar-refractivity contribution in [2.75, 3.05) is 15.5 Å². The molecule has 2 aliphatic heterocycles. The predicted molar refractivity (Wildman–Crippen MR) is 178 cm³/mol. The minimum atomic E-state index is -1.03. The van der Waals surface area contributed by atoms with Crippen LogP contribution >= 0.6 is 0 Å². The summed E-state index contributed by atoms with van der Waals surface area (Å²) in [5, 5.41) is 10.6. The van der Waals surface area contributed by atoms with E-state index in [1.807, 2.05) is 27.7 Å². The number of ketones is 1. The second-order valence-electron chi connectivity index (χ2n) is 15.4. The Hall–Kier alpha value is -3.24. The molecule has 0 unspecified atom stereocenters. The van der Waals surface area contributed by atoms with Gasteiger partial charge in [0.05, 0.1) is 6.07 Å². The zero-order valence-electron chi connectivity index (χ0n) is 29.6. The molecule has 5 amide bonds. The molecule has 3 heterocycles. The van der Waals surface area contributed by atoms with Crippen molar-refractivity contribution in [3.8, 4) is 0 Å². The molecule has 2 saturated heterocycles. The van der Waals surface area contributed by atoms with Crippen molar-refractivity contribution in [2.45, 2.75) is 129 Å². The van der Waals surface area contributed by atoms with E-state index >= 15 is 0 Å². The Labute approximate surface area is 303 Å². The van der Waals surface area contributed by atoms with E-state index in [0.29, 0.717) is 43.2 Å².